The molecule has 98 valence electrons. The number of rotatable bonds is 3. The van der Waals surface area contributed by atoms with Gasteiger partial charge in [-0.05, 0) is 36.8 Å². The third kappa shape index (κ3) is 3.45. The van der Waals surface area contributed by atoms with Gasteiger partial charge in [0.1, 0.15) is 5.75 Å². The van der Waals surface area contributed by atoms with Gasteiger partial charge in [-0.25, -0.2) is 4.98 Å². The predicted molar refractivity (Wildman–Crippen MR) is 74.2 cm³/mol. The van der Waals surface area contributed by atoms with Crippen LogP contribution in [0.2, 0.25) is 0 Å². The summed E-state index contributed by atoms with van der Waals surface area (Å²) in [5, 5.41) is 2.69. The molecule has 1 amide bonds. The van der Waals surface area contributed by atoms with Crippen molar-refractivity contribution < 1.29 is 9.53 Å². The lowest BCUT2D eigenvalue weighted by Crippen LogP contribution is -2.05. The number of pyridine rings is 1. The number of carbonyl (C=O) groups is 1. The Kier molecular flexibility index (Phi) is 3.66. The Morgan fingerprint density at radius 2 is 2.00 bits per heavy atom. The number of anilines is 2. The van der Waals surface area contributed by atoms with Crippen LogP contribution in [-0.4, -0.2) is 10.9 Å². The molecule has 0 saturated heterocycles. The van der Waals surface area contributed by atoms with E-state index in [4.69, 9.17) is 10.5 Å². The van der Waals surface area contributed by atoms with Crippen LogP contribution >= 0.6 is 0 Å². The lowest BCUT2D eigenvalue weighted by molar-refractivity contribution is -0.114. The number of benzene rings is 1. The molecule has 0 aliphatic heterocycles. The zero-order valence-electron chi connectivity index (χ0n) is 10.8. The Morgan fingerprint density at radius 1 is 1.32 bits per heavy atom. The Morgan fingerprint density at radius 3 is 2.58 bits per heavy atom. The van der Waals surface area contributed by atoms with E-state index in [1.165, 1.54) is 6.92 Å². The minimum atomic E-state index is -0.107. The van der Waals surface area contributed by atoms with Crippen LogP contribution in [0.25, 0.3) is 0 Å². The summed E-state index contributed by atoms with van der Waals surface area (Å²) in [5.74, 6) is 1.02. The molecule has 3 N–H and O–H groups in total. The molecule has 1 aromatic carbocycles. The third-order valence-electron chi connectivity index (χ3n) is 2.52. The lowest BCUT2D eigenvalue weighted by Gasteiger charge is -2.07. The van der Waals surface area contributed by atoms with Crippen molar-refractivity contribution in [1.29, 1.82) is 0 Å². The summed E-state index contributed by atoms with van der Waals surface area (Å²) in [4.78, 5) is 15.0. The fraction of sp³-hybridized carbons (Fsp3) is 0.143. The van der Waals surface area contributed by atoms with Crippen molar-refractivity contribution in [2.45, 2.75) is 13.8 Å². The largest absolute Gasteiger partial charge is 0.439 e. The molecule has 5 nitrogen and oxygen atoms in total. The Balaban J connectivity index is 2.10. The highest BCUT2D eigenvalue weighted by Crippen LogP contribution is 2.23. The van der Waals surface area contributed by atoms with Gasteiger partial charge in [-0.1, -0.05) is 0 Å². The van der Waals surface area contributed by atoms with E-state index >= 15 is 0 Å². The van der Waals surface area contributed by atoms with E-state index < -0.39 is 0 Å². The summed E-state index contributed by atoms with van der Waals surface area (Å²) in [6, 6.07) is 8.83. The van der Waals surface area contributed by atoms with Gasteiger partial charge in [0.2, 0.25) is 11.8 Å². The molecule has 0 aliphatic carbocycles. The van der Waals surface area contributed by atoms with Crippen molar-refractivity contribution in [1.82, 2.24) is 4.98 Å². The van der Waals surface area contributed by atoms with Gasteiger partial charge in [0.25, 0.3) is 0 Å². The van der Waals surface area contributed by atoms with E-state index in [-0.39, 0.29) is 5.91 Å². The highest BCUT2D eigenvalue weighted by Gasteiger charge is 2.02. The Bertz CT molecular complexity index is 594. The molecular formula is C14H15N3O2. The number of hydrogen-bond acceptors (Lipinski definition) is 4. The highest BCUT2D eigenvalue weighted by molar-refractivity contribution is 5.88. The van der Waals surface area contributed by atoms with E-state index in [0.29, 0.717) is 17.3 Å². The summed E-state index contributed by atoms with van der Waals surface area (Å²) >= 11 is 0. The van der Waals surface area contributed by atoms with Crippen molar-refractivity contribution >= 4 is 17.3 Å². The number of nitrogens with two attached hydrogens (primary N) is 1. The summed E-state index contributed by atoms with van der Waals surface area (Å²) in [6.45, 7) is 3.36. The second kappa shape index (κ2) is 5.39. The molecule has 1 heterocycles. The van der Waals surface area contributed by atoms with Crippen molar-refractivity contribution in [2.24, 2.45) is 0 Å². The number of aryl methyl sites for hydroxylation is 1. The Labute approximate surface area is 111 Å². The van der Waals surface area contributed by atoms with Crippen LogP contribution in [0.5, 0.6) is 11.6 Å². The van der Waals surface area contributed by atoms with E-state index in [1.807, 2.05) is 6.92 Å². The van der Waals surface area contributed by atoms with Crippen LogP contribution in [0, 0.1) is 6.92 Å². The second-order valence-electron chi connectivity index (χ2n) is 4.19. The quantitative estimate of drug-likeness (QED) is 0.886. The van der Waals surface area contributed by atoms with Crippen LogP contribution in [0.15, 0.2) is 36.5 Å². The first kappa shape index (κ1) is 12.9. The molecule has 0 spiro atoms. The SMILES string of the molecule is CC(=O)Nc1ccc(Oc2cc(C)c(N)cn2)cc1. The molecule has 0 aliphatic rings. The molecule has 0 radical (unpaired) electrons. The highest BCUT2D eigenvalue weighted by atomic mass is 16.5. The van der Waals surface area contributed by atoms with Gasteiger partial charge in [0.05, 0.1) is 11.9 Å². The van der Waals surface area contributed by atoms with E-state index in [1.54, 1.807) is 36.5 Å². The Hall–Kier alpha value is -2.56. The second-order valence-corrected chi connectivity index (χ2v) is 4.19. The normalized spacial score (nSPS) is 10.0. The van der Waals surface area contributed by atoms with Gasteiger partial charge in [0, 0.05) is 18.7 Å². The zero-order chi connectivity index (χ0) is 13.8. The van der Waals surface area contributed by atoms with Crippen LogP contribution < -0.4 is 15.8 Å². The molecule has 0 saturated carbocycles. The maximum atomic E-state index is 10.9. The summed E-state index contributed by atoms with van der Waals surface area (Å²) < 4.78 is 5.59. The van der Waals surface area contributed by atoms with Crippen LogP contribution in [0.4, 0.5) is 11.4 Å². The molecule has 2 aromatic rings. The molecule has 19 heavy (non-hydrogen) atoms. The third-order valence-corrected chi connectivity index (χ3v) is 2.52. The minimum Gasteiger partial charge on any atom is -0.439 e. The van der Waals surface area contributed by atoms with Crippen molar-refractivity contribution in [3.63, 3.8) is 0 Å². The zero-order valence-corrected chi connectivity index (χ0v) is 10.8. The summed E-state index contributed by atoms with van der Waals surface area (Å²) in [5.41, 5.74) is 7.96. The molecule has 2 rings (SSSR count). The van der Waals surface area contributed by atoms with Gasteiger partial charge < -0.3 is 15.8 Å². The fourth-order valence-electron chi connectivity index (χ4n) is 1.53. The number of amides is 1. The van der Waals surface area contributed by atoms with E-state index in [9.17, 15) is 4.79 Å². The topological polar surface area (TPSA) is 77.2 Å². The number of nitrogens with zero attached hydrogens (tertiary/aromatic N) is 1. The smallest absolute Gasteiger partial charge is 0.221 e. The van der Waals surface area contributed by atoms with Gasteiger partial charge in [-0.15, -0.1) is 0 Å². The summed E-state index contributed by atoms with van der Waals surface area (Å²) in [7, 11) is 0. The average molecular weight is 257 g/mol. The van der Waals surface area contributed by atoms with Crippen LogP contribution in [-0.2, 0) is 4.79 Å². The minimum absolute atomic E-state index is 0.107. The predicted octanol–water partition coefficient (Wildman–Crippen LogP) is 2.72. The number of nitrogen functional groups attached to an aromatic ring is 1. The molecule has 5 heteroatoms. The van der Waals surface area contributed by atoms with Gasteiger partial charge >= 0.3 is 0 Å². The number of nitrogens with one attached hydrogen (secondary N) is 1. The molecule has 0 fully saturated rings. The summed E-state index contributed by atoms with van der Waals surface area (Å²) in [6.07, 6.45) is 1.57. The van der Waals surface area contributed by atoms with E-state index in [2.05, 4.69) is 10.3 Å². The first-order valence-electron chi connectivity index (χ1n) is 5.82. The monoisotopic (exact) mass is 257 g/mol. The van der Waals surface area contributed by atoms with E-state index in [0.717, 1.165) is 11.3 Å². The maximum absolute atomic E-state index is 10.9. The molecule has 0 unspecified atom stereocenters. The molecule has 1 aromatic heterocycles. The van der Waals surface area contributed by atoms with Crippen molar-refractivity contribution in [3.05, 3.63) is 42.1 Å². The lowest BCUT2D eigenvalue weighted by atomic mass is 10.2. The number of carbonyl (C=O) groups excluding carboxylic acids is 1. The van der Waals surface area contributed by atoms with Gasteiger partial charge in [-0.2, -0.15) is 0 Å². The van der Waals surface area contributed by atoms with Gasteiger partial charge in [-0.3, -0.25) is 4.79 Å². The first-order valence-corrected chi connectivity index (χ1v) is 5.82. The van der Waals surface area contributed by atoms with Gasteiger partial charge in [0.15, 0.2) is 0 Å². The number of hydrogen-bond donors (Lipinski definition) is 2. The average Bonchev–Trinajstić information content (AvgIpc) is 2.36. The molecular weight excluding hydrogens is 242 g/mol. The maximum Gasteiger partial charge on any atom is 0.221 e. The first-order chi connectivity index (χ1) is 9.04. The molecule has 0 atom stereocenters. The molecule has 0 bridgehead atoms. The van der Waals surface area contributed by atoms with Crippen molar-refractivity contribution in [3.8, 4) is 11.6 Å². The van der Waals surface area contributed by atoms with Crippen LogP contribution in [0.3, 0.4) is 0 Å². The van der Waals surface area contributed by atoms with Crippen LogP contribution in [0.1, 0.15) is 12.5 Å². The number of ether oxygens (including phenoxy) is 1. The fourth-order valence-corrected chi connectivity index (χ4v) is 1.53. The number of aromatic nitrogens is 1. The van der Waals surface area contributed by atoms with Crippen molar-refractivity contribution in [2.75, 3.05) is 11.1 Å². The standard InChI is InChI=1S/C14H15N3O2/c1-9-7-14(16-8-13(9)15)19-12-5-3-11(4-6-12)17-10(2)18/h3-8H,15H2,1-2H3,(H,17,18).